The van der Waals surface area contributed by atoms with E-state index >= 15 is 0 Å². The Morgan fingerprint density at radius 2 is 2.15 bits per heavy atom. The second kappa shape index (κ2) is 3.96. The van der Waals surface area contributed by atoms with Crippen molar-refractivity contribution in [3.63, 3.8) is 0 Å². The molecular formula is C9H12ClNOS. The maximum atomic E-state index is 8.60. The van der Waals surface area contributed by atoms with E-state index in [0.29, 0.717) is 6.54 Å². The lowest BCUT2D eigenvalue weighted by atomic mass is 9.99. The lowest BCUT2D eigenvalue weighted by molar-refractivity contribution is 0.162. The van der Waals surface area contributed by atoms with E-state index in [1.165, 1.54) is 23.3 Å². The first kappa shape index (κ1) is 9.46. The third-order valence-electron chi connectivity index (χ3n) is 2.41. The van der Waals surface area contributed by atoms with Gasteiger partial charge in [0, 0.05) is 9.75 Å². The summed E-state index contributed by atoms with van der Waals surface area (Å²) in [6, 6.07) is 0. The Kier molecular flexibility index (Phi) is 2.89. The molecule has 2 rings (SSSR count). The molecule has 0 atom stereocenters. The molecule has 2 N–H and O–H groups in total. The largest absolute Gasteiger partial charge is 0.316 e. The van der Waals surface area contributed by atoms with Crippen molar-refractivity contribution < 1.29 is 5.21 Å². The summed E-state index contributed by atoms with van der Waals surface area (Å²) < 4.78 is 0. The van der Waals surface area contributed by atoms with Gasteiger partial charge in [-0.3, -0.25) is 0 Å². The Morgan fingerprint density at radius 3 is 2.85 bits per heavy atom. The van der Waals surface area contributed by atoms with Crippen molar-refractivity contribution in [3.8, 4) is 0 Å². The number of rotatable bonds is 2. The van der Waals surface area contributed by atoms with Crippen LogP contribution in [0.4, 0.5) is 0 Å². The van der Waals surface area contributed by atoms with Crippen molar-refractivity contribution >= 4 is 22.9 Å². The number of hydrogen-bond acceptors (Lipinski definition) is 3. The van der Waals surface area contributed by atoms with Crippen LogP contribution < -0.4 is 5.48 Å². The molecule has 0 bridgehead atoms. The topological polar surface area (TPSA) is 32.3 Å². The predicted molar refractivity (Wildman–Crippen MR) is 54.6 cm³/mol. The first-order chi connectivity index (χ1) is 6.33. The third kappa shape index (κ3) is 1.74. The fourth-order valence-corrected chi connectivity index (χ4v) is 3.44. The van der Waals surface area contributed by atoms with Gasteiger partial charge in [0.1, 0.15) is 0 Å². The number of hydroxylamine groups is 1. The molecule has 0 saturated carbocycles. The molecule has 4 heteroatoms. The van der Waals surface area contributed by atoms with E-state index in [2.05, 4.69) is 5.48 Å². The molecule has 0 radical (unpaired) electrons. The van der Waals surface area contributed by atoms with Crippen molar-refractivity contribution in [2.75, 3.05) is 0 Å². The minimum absolute atomic E-state index is 0.469. The highest BCUT2D eigenvalue weighted by Gasteiger charge is 2.18. The Morgan fingerprint density at radius 1 is 1.38 bits per heavy atom. The maximum Gasteiger partial charge on any atom is 0.0593 e. The Labute approximate surface area is 86.5 Å². The first-order valence-electron chi connectivity index (χ1n) is 4.49. The lowest BCUT2D eigenvalue weighted by Crippen LogP contribution is -2.04. The number of nitrogens with one attached hydrogen (secondary N) is 1. The average molecular weight is 218 g/mol. The molecule has 0 unspecified atom stereocenters. The monoisotopic (exact) mass is 217 g/mol. The summed E-state index contributed by atoms with van der Waals surface area (Å²) in [6.07, 6.45) is 4.78. The van der Waals surface area contributed by atoms with Crippen molar-refractivity contribution in [2.24, 2.45) is 0 Å². The Hall–Kier alpha value is -0.0900. The minimum Gasteiger partial charge on any atom is -0.316 e. The fraction of sp³-hybridized carbons (Fsp3) is 0.556. The molecule has 1 aliphatic rings. The van der Waals surface area contributed by atoms with Crippen LogP contribution in [0.3, 0.4) is 0 Å². The normalized spacial score (nSPS) is 15.8. The van der Waals surface area contributed by atoms with Crippen molar-refractivity contribution in [1.29, 1.82) is 0 Å². The Balaban J connectivity index is 2.33. The van der Waals surface area contributed by atoms with Crippen LogP contribution in [-0.2, 0) is 19.4 Å². The average Bonchev–Trinajstić information content (AvgIpc) is 2.46. The predicted octanol–water partition coefficient (Wildman–Crippen LogP) is 2.76. The van der Waals surface area contributed by atoms with Crippen LogP contribution in [0.2, 0.25) is 5.02 Å². The smallest absolute Gasteiger partial charge is 0.0593 e. The molecule has 1 heterocycles. The summed E-state index contributed by atoms with van der Waals surface area (Å²) in [5.74, 6) is 0. The molecule has 0 spiro atoms. The van der Waals surface area contributed by atoms with Gasteiger partial charge >= 0.3 is 0 Å². The van der Waals surface area contributed by atoms with E-state index in [0.717, 1.165) is 22.7 Å². The highest BCUT2D eigenvalue weighted by Crippen LogP contribution is 2.37. The molecule has 1 aromatic heterocycles. The molecule has 13 heavy (non-hydrogen) atoms. The van der Waals surface area contributed by atoms with Crippen LogP contribution in [0.15, 0.2) is 0 Å². The zero-order chi connectivity index (χ0) is 9.26. The second-order valence-electron chi connectivity index (χ2n) is 3.28. The van der Waals surface area contributed by atoms with E-state index in [4.69, 9.17) is 16.8 Å². The highest BCUT2D eigenvalue weighted by atomic mass is 35.5. The SMILES string of the molecule is ONCc1sc2c(c1Cl)CCCC2. The van der Waals surface area contributed by atoms with Gasteiger partial charge in [0.25, 0.3) is 0 Å². The summed E-state index contributed by atoms with van der Waals surface area (Å²) in [4.78, 5) is 2.48. The van der Waals surface area contributed by atoms with Crippen molar-refractivity contribution in [2.45, 2.75) is 32.2 Å². The molecular weight excluding hydrogens is 206 g/mol. The van der Waals surface area contributed by atoms with Crippen LogP contribution in [0.1, 0.15) is 28.2 Å². The zero-order valence-electron chi connectivity index (χ0n) is 7.27. The third-order valence-corrected chi connectivity index (χ3v) is 4.27. The summed E-state index contributed by atoms with van der Waals surface area (Å²) in [6.45, 7) is 0.469. The molecule has 1 aromatic rings. The number of fused-ring (bicyclic) bond motifs is 1. The lowest BCUT2D eigenvalue weighted by Gasteiger charge is -2.09. The summed E-state index contributed by atoms with van der Waals surface area (Å²) in [7, 11) is 0. The molecule has 72 valence electrons. The van der Waals surface area contributed by atoms with Crippen LogP contribution in [-0.4, -0.2) is 5.21 Å². The summed E-state index contributed by atoms with van der Waals surface area (Å²) >= 11 is 7.91. The van der Waals surface area contributed by atoms with Gasteiger partial charge in [-0.15, -0.1) is 11.3 Å². The van der Waals surface area contributed by atoms with Crippen molar-refractivity contribution in [3.05, 3.63) is 20.3 Å². The molecule has 0 aliphatic heterocycles. The van der Waals surface area contributed by atoms with Gasteiger partial charge in [0.15, 0.2) is 0 Å². The van der Waals surface area contributed by atoms with Crippen molar-refractivity contribution in [1.82, 2.24) is 5.48 Å². The van der Waals surface area contributed by atoms with Crippen LogP contribution in [0.25, 0.3) is 0 Å². The molecule has 2 nitrogen and oxygen atoms in total. The van der Waals surface area contributed by atoms with Gasteiger partial charge in [0.05, 0.1) is 11.6 Å². The standard InChI is InChI=1S/C9H12ClNOS/c10-9-6-3-1-2-4-7(6)13-8(9)5-11-12/h11-12H,1-5H2. The Bertz CT molecular complexity index is 311. The van der Waals surface area contributed by atoms with Gasteiger partial charge < -0.3 is 5.21 Å². The zero-order valence-corrected chi connectivity index (χ0v) is 8.84. The molecule has 0 amide bonds. The summed E-state index contributed by atoms with van der Waals surface area (Å²) in [5, 5.41) is 9.48. The van der Waals surface area contributed by atoms with E-state index < -0.39 is 0 Å². The van der Waals surface area contributed by atoms with E-state index in [1.807, 2.05) is 0 Å². The van der Waals surface area contributed by atoms with Gasteiger partial charge in [-0.2, -0.15) is 0 Å². The van der Waals surface area contributed by atoms with E-state index in [-0.39, 0.29) is 0 Å². The highest BCUT2D eigenvalue weighted by molar-refractivity contribution is 7.12. The van der Waals surface area contributed by atoms with E-state index in [1.54, 1.807) is 11.3 Å². The number of halogens is 1. The summed E-state index contributed by atoms with van der Waals surface area (Å²) in [5.41, 5.74) is 3.48. The maximum absolute atomic E-state index is 8.60. The number of aryl methyl sites for hydroxylation is 1. The van der Waals surface area contributed by atoms with Gasteiger partial charge in [-0.25, -0.2) is 5.48 Å². The van der Waals surface area contributed by atoms with Crippen LogP contribution >= 0.6 is 22.9 Å². The van der Waals surface area contributed by atoms with Gasteiger partial charge in [-0.05, 0) is 31.2 Å². The van der Waals surface area contributed by atoms with Crippen LogP contribution in [0, 0.1) is 0 Å². The second-order valence-corrected chi connectivity index (χ2v) is 4.85. The van der Waals surface area contributed by atoms with E-state index in [9.17, 15) is 0 Å². The number of hydrogen-bond donors (Lipinski definition) is 2. The fourth-order valence-electron chi connectivity index (χ4n) is 1.77. The van der Waals surface area contributed by atoms with Gasteiger partial charge in [-0.1, -0.05) is 11.6 Å². The molecule has 0 saturated heterocycles. The van der Waals surface area contributed by atoms with Gasteiger partial charge in [0.2, 0.25) is 0 Å². The number of thiophene rings is 1. The molecule has 1 aliphatic carbocycles. The minimum atomic E-state index is 0.469. The quantitative estimate of drug-likeness (QED) is 0.747. The van der Waals surface area contributed by atoms with Crippen LogP contribution in [0.5, 0.6) is 0 Å². The molecule has 0 fully saturated rings. The molecule has 0 aromatic carbocycles. The first-order valence-corrected chi connectivity index (χ1v) is 5.68.